The minimum Gasteiger partial charge on any atom is -0.339 e. The Labute approximate surface area is 84.9 Å². The second-order valence-corrected chi connectivity index (χ2v) is 4.55. The molecule has 1 unspecified atom stereocenters. The summed E-state index contributed by atoms with van der Waals surface area (Å²) in [6.07, 6.45) is 0.933. The van der Waals surface area contributed by atoms with Crippen molar-refractivity contribution in [3.05, 3.63) is 11.7 Å². The first kappa shape index (κ1) is 11.2. The van der Waals surface area contributed by atoms with Crippen molar-refractivity contribution in [3.63, 3.8) is 0 Å². The third-order valence-electron chi connectivity index (χ3n) is 2.24. The van der Waals surface area contributed by atoms with Gasteiger partial charge in [0, 0.05) is 12.0 Å². The predicted molar refractivity (Wildman–Crippen MR) is 55.1 cm³/mol. The molecule has 2 N–H and O–H groups in total. The molecule has 0 spiro atoms. The van der Waals surface area contributed by atoms with Crippen molar-refractivity contribution >= 4 is 0 Å². The average molecular weight is 197 g/mol. The molecule has 14 heavy (non-hydrogen) atoms. The molecule has 4 nitrogen and oxygen atoms in total. The number of rotatable bonds is 3. The van der Waals surface area contributed by atoms with Crippen LogP contribution < -0.4 is 5.73 Å². The third kappa shape index (κ3) is 2.32. The fourth-order valence-electron chi connectivity index (χ4n) is 1.15. The Bertz CT molecular complexity index is 284. The first-order valence-electron chi connectivity index (χ1n) is 5.03. The molecule has 0 aliphatic carbocycles. The van der Waals surface area contributed by atoms with E-state index in [0.29, 0.717) is 12.4 Å². The van der Waals surface area contributed by atoms with Gasteiger partial charge in [0.2, 0.25) is 5.89 Å². The molecular weight excluding hydrogens is 178 g/mol. The van der Waals surface area contributed by atoms with E-state index in [1.54, 1.807) is 0 Å². The zero-order chi connectivity index (χ0) is 10.8. The van der Waals surface area contributed by atoms with Crippen LogP contribution in [0.4, 0.5) is 0 Å². The van der Waals surface area contributed by atoms with Crippen LogP contribution in [-0.2, 0) is 5.41 Å². The van der Waals surface area contributed by atoms with E-state index in [-0.39, 0.29) is 11.3 Å². The lowest BCUT2D eigenvalue weighted by molar-refractivity contribution is 0.341. The molecule has 0 fully saturated rings. The molecule has 80 valence electrons. The maximum atomic E-state index is 5.61. The van der Waals surface area contributed by atoms with Gasteiger partial charge < -0.3 is 10.3 Å². The highest BCUT2D eigenvalue weighted by molar-refractivity contribution is 5.02. The highest BCUT2D eigenvalue weighted by Gasteiger charge is 2.23. The van der Waals surface area contributed by atoms with E-state index < -0.39 is 0 Å². The molecule has 1 atom stereocenters. The van der Waals surface area contributed by atoms with Gasteiger partial charge in [0.25, 0.3) is 0 Å². The molecule has 0 aliphatic heterocycles. The van der Waals surface area contributed by atoms with Gasteiger partial charge in [-0.15, -0.1) is 0 Å². The third-order valence-corrected chi connectivity index (χ3v) is 2.24. The average Bonchev–Trinajstić information content (AvgIpc) is 2.54. The minimum atomic E-state index is -0.0609. The summed E-state index contributed by atoms with van der Waals surface area (Å²) in [5.74, 6) is 1.61. The Morgan fingerprint density at radius 2 is 2.07 bits per heavy atom. The van der Waals surface area contributed by atoms with Crippen molar-refractivity contribution < 1.29 is 4.52 Å². The smallest absolute Gasteiger partial charge is 0.231 e. The van der Waals surface area contributed by atoms with Crippen LogP contribution in [0.5, 0.6) is 0 Å². The molecule has 1 heterocycles. The Kier molecular flexibility index (Phi) is 3.26. The van der Waals surface area contributed by atoms with Crippen molar-refractivity contribution in [1.29, 1.82) is 0 Å². The van der Waals surface area contributed by atoms with Gasteiger partial charge in [-0.25, -0.2) is 0 Å². The van der Waals surface area contributed by atoms with Gasteiger partial charge in [-0.05, 0) is 6.42 Å². The Morgan fingerprint density at radius 1 is 1.43 bits per heavy atom. The maximum Gasteiger partial charge on any atom is 0.231 e. The molecule has 0 saturated carbocycles. The van der Waals surface area contributed by atoms with E-state index in [9.17, 15) is 0 Å². The summed E-state index contributed by atoms with van der Waals surface area (Å²) < 4.78 is 5.19. The van der Waals surface area contributed by atoms with Gasteiger partial charge >= 0.3 is 0 Å². The SMILES string of the molecule is CCC(CN)c1nc(C(C)(C)C)no1. The van der Waals surface area contributed by atoms with Crippen molar-refractivity contribution in [2.24, 2.45) is 5.73 Å². The first-order chi connectivity index (χ1) is 6.49. The molecule has 0 bridgehead atoms. The lowest BCUT2D eigenvalue weighted by Crippen LogP contribution is -2.15. The van der Waals surface area contributed by atoms with Crippen LogP contribution in [-0.4, -0.2) is 16.7 Å². The van der Waals surface area contributed by atoms with E-state index >= 15 is 0 Å². The van der Waals surface area contributed by atoms with Gasteiger partial charge in [-0.3, -0.25) is 0 Å². The van der Waals surface area contributed by atoms with Crippen LogP contribution in [0.25, 0.3) is 0 Å². The quantitative estimate of drug-likeness (QED) is 0.802. The second-order valence-electron chi connectivity index (χ2n) is 4.55. The normalized spacial score (nSPS) is 14.4. The van der Waals surface area contributed by atoms with Gasteiger partial charge in [0.1, 0.15) is 0 Å². The molecular formula is C10H19N3O. The van der Waals surface area contributed by atoms with Crippen LogP contribution in [0.2, 0.25) is 0 Å². The van der Waals surface area contributed by atoms with E-state index in [1.807, 2.05) is 0 Å². The van der Waals surface area contributed by atoms with Gasteiger partial charge in [-0.2, -0.15) is 4.98 Å². The number of nitrogens with two attached hydrogens (primary N) is 1. The Morgan fingerprint density at radius 3 is 2.43 bits per heavy atom. The fraction of sp³-hybridized carbons (Fsp3) is 0.800. The van der Waals surface area contributed by atoms with Crippen LogP contribution in [0.15, 0.2) is 4.52 Å². The largest absolute Gasteiger partial charge is 0.339 e. The standard InChI is InChI=1S/C10H19N3O/c1-5-7(6-11)8-12-9(13-14-8)10(2,3)4/h7H,5-6,11H2,1-4H3. The Hall–Kier alpha value is -0.900. The Balaban J connectivity index is 2.87. The van der Waals surface area contributed by atoms with Crippen LogP contribution in [0, 0.1) is 0 Å². The summed E-state index contributed by atoms with van der Waals surface area (Å²) >= 11 is 0. The molecule has 0 aromatic carbocycles. The number of aromatic nitrogens is 2. The molecule has 0 aliphatic rings. The predicted octanol–water partition coefficient (Wildman–Crippen LogP) is 1.82. The van der Waals surface area contributed by atoms with Crippen molar-refractivity contribution in [1.82, 2.24) is 10.1 Å². The summed E-state index contributed by atoms with van der Waals surface area (Å²) in [4.78, 5) is 4.37. The molecule has 1 aromatic rings. The van der Waals surface area contributed by atoms with Crippen LogP contribution in [0.3, 0.4) is 0 Å². The number of nitrogens with zero attached hydrogens (tertiary/aromatic N) is 2. The van der Waals surface area contributed by atoms with Crippen molar-refractivity contribution in [3.8, 4) is 0 Å². The minimum absolute atomic E-state index is 0.0609. The first-order valence-corrected chi connectivity index (χ1v) is 5.03. The molecule has 4 heteroatoms. The summed E-state index contributed by atoms with van der Waals surface area (Å²) in [7, 11) is 0. The van der Waals surface area contributed by atoms with Gasteiger partial charge in [-0.1, -0.05) is 32.9 Å². The summed E-state index contributed by atoms with van der Waals surface area (Å²) in [5.41, 5.74) is 5.54. The summed E-state index contributed by atoms with van der Waals surface area (Å²) in [5, 5.41) is 3.96. The molecule has 1 aromatic heterocycles. The van der Waals surface area contributed by atoms with E-state index in [1.165, 1.54) is 0 Å². The zero-order valence-electron chi connectivity index (χ0n) is 9.37. The fourth-order valence-corrected chi connectivity index (χ4v) is 1.15. The summed E-state index contributed by atoms with van der Waals surface area (Å²) in [6, 6.07) is 0. The van der Waals surface area contributed by atoms with Crippen LogP contribution in [0.1, 0.15) is 51.7 Å². The van der Waals surface area contributed by atoms with E-state index in [0.717, 1.165) is 12.2 Å². The molecule has 1 rings (SSSR count). The number of hydrogen-bond acceptors (Lipinski definition) is 4. The van der Waals surface area contributed by atoms with E-state index in [4.69, 9.17) is 10.3 Å². The van der Waals surface area contributed by atoms with Crippen molar-refractivity contribution in [2.75, 3.05) is 6.54 Å². The molecule has 0 amide bonds. The van der Waals surface area contributed by atoms with Gasteiger partial charge in [0.15, 0.2) is 5.82 Å². The molecule has 0 saturated heterocycles. The lowest BCUT2D eigenvalue weighted by atomic mass is 9.96. The van der Waals surface area contributed by atoms with E-state index in [2.05, 4.69) is 37.8 Å². The second kappa shape index (κ2) is 4.09. The monoisotopic (exact) mass is 197 g/mol. The summed E-state index contributed by atoms with van der Waals surface area (Å²) in [6.45, 7) is 8.81. The highest BCUT2D eigenvalue weighted by atomic mass is 16.5. The topological polar surface area (TPSA) is 64.9 Å². The van der Waals surface area contributed by atoms with Gasteiger partial charge in [0.05, 0.1) is 5.92 Å². The zero-order valence-corrected chi connectivity index (χ0v) is 9.37. The highest BCUT2D eigenvalue weighted by Crippen LogP contribution is 2.22. The van der Waals surface area contributed by atoms with Crippen LogP contribution >= 0.6 is 0 Å². The van der Waals surface area contributed by atoms with Crippen molar-refractivity contribution in [2.45, 2.75) is 45.4 Å². The maximum absolute atomic E-state index is 5.61. The number of hydrogen-bond donors (Lipinski definition) is 1. The lowest BCUT2D eigenvalue weighted by Gasteiger charge is -2.11. The molecule has 0 radical (unpaired) electrons.